The van der Waals surface area contributed by atoms with Crippen molar-refractivity contribution in [3.05, 3.63) is 54.5 Å². The quantitative estimate of drug-likeness (QED) is 0.807. The van der Waals surface area contributed by atoms with Gasteiger partial charge < -0.3 is 14.5 Å². The fourth-order valence-electron chi connectivity index (χ4n) is 2.80. The van der Waals surface area contributed by atoms with Gasteiger partial charge in [0.2, 0.25) is 0 Å². The highest BCUT2D eigenvalue weighted by Gasteiger charge is 2.25. The van der Waals surface area contributed by atoms with E-state index in [1.807, 2.05) is 18.2 Å². The Balaban J connectivity index is 0.00000144. The monoisotopic (exact) mass is 315 g/mol. The summed E-state index contributed by atoms with van der Waals surface area (Å²) in [7, 11) is 1.69. The van der Waals surface area contributed by atoms with Crippen molar-refractivity contribution in [3.63, 3.8) is 0 Å². The number of benzene rings is 1. The van der Waals surface area contributed by atoms with Gasteiger partial charge in [-0.3, -0.25) is 0 Å². The van der Waals surface area contributed by atoms with E-state index < -0.39 is 0 Å². The van der Waals surface area contributed by atoms with Crippen LogP contribution < -0.4 is 10.1 Å². The Morgan fingerprint density at radius 2 is 2.05 bits per heavy atom. The fourth-order valence-corrected chi connectivity index (χ4v) is 2.80. The van der Waals surface area contributed by atoms with Gasteiger partial charge in [-0.25, -0.2) is 4.98 Å². The number of fused-ring (bicyclic) bond motifs is 1. The molecule has 3 heterocycles. The average Bonchev–Trinajstić information content (AvgIpc) is 2.85. The smallest absolute Gasteiger partial charge is 0.119 e. The number of aromatic nitrogens is 2. The van der Waals surface area contributed by atoms with E-state index in [-0.39, 0.29) is 12.4 Å². The highest BCUT2D eigenvalue weighted by molar-refractivity contribution is 5.85. The van der Waals surface area contributed by atoms with Crippen LogP contribution in [-0.2, 0) is 0 Å². The van der Waals surface area contributed by atoms with Crippen molar-refractivity contribution in [2.75, 3.05) is 20.2 Å². The molecule has 22 heavy (non-hydrogen) atoms. The second-order valence-electron chi connectivity index (χ2n) is 5.36. The Morgan fingerprint density at radius 3 is 2.77 bits per heavy atom. The zero-order valence-corrected chi connectivity index (χ0v) is 13.1. The molecule has 1 fully saturated rings. The third kappa shape index (κ3) is 2.34. The standard InChI is InChI=1S/C17H17N3O.ClH/c1-21-14-6-4-5-12(9-14)16-15-7-2-3-8-20(15)17(19-16)13-10-18-11-13;/h2-9,13,18H,10-11H2,1H3;1H. The summed E-state index contributed by atoms with van der Waals surface area (Å²) in [6.07, 6.45) is 2.10. The van der Waals surface area contributed by atoms with Crippen LogP contribution in [0.1, 0.15) is 11.7 Å². The third-order valence-electron chi connectivity index (χ3n) is 4.07. The molecule has 0 radical (unpaired) electrons. The summed E-state index contributed by atoms with van der Waals surface area (Å²) < 4.78 is 7.54. The molecule has 0 unspecified atom stereocenters. The summed E-state index contributed by atoms with van der Waals surface area (Å²) in [6, 6.07) is 14.3. The molecule has 4 rings (SSSR count). The molecule has 1 aromatic carbocycles. The van der Waals surface area contributed by atoms with Crippen molar-refractivity contribution >= 4 is 17.9 Å². The number of halogens is 1. The second-order valence-corrected chi connectivity index (χ2v) is 5.36. The normalized spacial score (nSPS) is 14.4. The van der Waals surface area contributed by atoms with E-state index in [4.69, 9.17) is 9.72 Å². The predicted molar refractivity (Wildman–Crippen MR) is 90.0 cm³/mol. The summed E-state index contributed by atoms with van der Waals surface area (Å²) in [6.45, 7) is 2.01. The maximum Gasteiger partial charge on any atom is 0.119 e. The lowest BCUT2D eigenvalue weighted by atomic mass is 10.0. The van der Waals surface area contributed by atoms with Crippen molar-refractivity contribution in [3.8, 4) is 17.0 Å². The SMILES string of the molecule is COc1cccc(-c2nc(C3CNC3)n3ccccc23)c1.Cl. The first kappa shape index (κ1) is 14.9. The van der Waals surface area contributed by atoms with Gasteiger partial charge in [0.05, 0.1) is 18.3 Å². The van der Waals surface area contributed by atoms with E-state index in [1.54, 1.807) is 7.11 Å². The number of pyridine rings is 1. The highest BCUT2D eigenvalue weighted by Crippen LogP contribution is 2.30. The van der Waals surface area contributed by atoms with E-state index in [1.165, 1.54) is 0 Å². The van der Waals surface area contributed by atoms with Gasteiger partial charge in [-0.2, -0.15) is 0 Å². The number of nitrogens with one attached hydrogen (secondary N) is 1. The molecule has 0 amide bonds. The third-order valence-corrected chi connectivity index (χ3v) is 4.07. The van der Waals surface area contributed by atoms with Crippen LogP contribution in [0.2, 0.25) is 0 Å². The van der Waals surface area contributed by atoms with Crippen molar-refractivity contribution in [2.45, 2.75) is 5.92 Å². The first-order valence-electron chi connectivity index (χ1n) is 7.19. The van der Waals surface area contributed by atoms with Crippen LogP contribution in [0, 0.1) is 0 Å². The van der Waals surface area contributed by atoms with E-state index in [0.717, 1.165) is 41.4 Å². The Kier molecular flexibility index (Phi) is 4.05. The Labute approximate surface area is 135 Å². The van der Waals surface area contributed by atoms with Crippen molar-refractivity contribution in [1.82, 2.24) is 14.7 Å². The molecule has 0 aliphatic carbocycles. The van der Waals surface area contributed by atoms with Gasteiger partial charge in [-0.05, 0) is 24.3 Å². The minimum Gasteiger partial charge on any atom is -0.497 e. The molecule has 1 N–H and O–H groups in total. The summed E-state index contributed by atoms with van der Waals surface area (Å²) in [5, 5.41) is 3.32. The first-order chi connectivity index (χ1) is 10.4. The van der Waals surface area contributed by atoms with Crippen LogP contribution in [-0.4, -0.2) is 29.6 Å². The van der Waals surface area contributed by atoms with E-state index in [0.29, 0.717) is 5.92 Å². The number of ether oxygens (including phenoxy) is 1. The lowest BCUT2D eigenvalue weighted by Gasteiger charge is -2.25. The van der Waals surface area contributed by atoms with Crippen LogP contribution >= 0.6 is 12.4 Å². The summed E-state index contributed by atoms with van der Waals surface area (Å²) in [4.78, 5) is 4.92. The van der Waals surface area contributed by atoms with E-state index in [2.05, 4.69) is 40.2 Å². The van der Waals surface area contributed by atoms with Crippen LogP contribution in [0.3, 0.4) is 0 Å². The molecule has 1 saturated heterocycles. The minimum absolute atomic E-state index is 0. The molecule has 0 atom stereocenters. The molecule has 114 valence electrons. The second kappa shape index (κ2) is 5.99. The van der Waals surface area contributed by atoms with Crippen LogP contribution in [0.4, 0.5) is 0 Å². The molecule has 1 aliphatic heterocycles. The summed E-state index contributed by atoms with van der Waals surface area (Å²) in [5.74, 6) is 2.50. The van der Waals surface area contributed by atoms with Crippen molar-refractivity contribution in [2.24, 2.45) is 0 Å². The summed E-state index contributed by atoms with van der Waals surface area (Å²) >= 11 is 0. The van der Waals surface area contributed by atoms with Gasteiger partial charge in [0.25, 0.3) is 0 Å². The van der Waals surface area contributed by atoms with Gasteiger partial charge >= 0.3 is 0 Å². The molecular formula is C17H18ClN3O. The van der Waals surface area contributed by atoms with Crippen molar-refractivity contribution in [1.29, 1.82) is 0 Å². The minimum atomic E-state index is 0. The van der Waals surface area contributed by atoms with Crippen LogP contribution in [0.15, 0.2) is 48.7 Å². The number of methoxy groups -OCH3 is 1. The maximum absolute atomic E-state index is 5.33. The van der Waals surface area contributed by atoms with E-state index >= 15 is 0 Å². The number of hydrogen-bond acceptors (Lipinski definition) is 3. The number of imidazole rings is 1. The molecule has 4 nitrogen and oxygen atoms in total. The Hall–Kier alpha value is -2.04. The lowest BCUT2D eigenvalue weighted by molar-refractivity contribution is 0.415. The largest absolute Gasteiger partial charge is 0.497 e. The average molecular weight is 316 g/mol. The molecule has 3 aromatic rings. The highest BCUT2D eigenvalue weighted by atomic mass is 35.5. The number of hydrogen-bond donors (Lipinski definition) is 1. The molecule has 5 heteroatoms. The molecular weight excluding hydrogens is 298 g/mol. The topological polar surface area (TPSA) is 38.6 Å². The van der Waals surface area contributed by atoms with Gasteiger partial charge in [0.1, 0.15) is 11.6 Å². The predicted octanol–water partition coefficient (Wildman–Crippen LogP) is 3.12. The Bertz CT molecular complexity index is 795. The number of nitrogens with zero attached hydrogens (tertiary/aromatic N) is 2. The lowest BCUT2D eigenvalue weighted by Crippen LogP contribution is -2.40. The fraction of sp³-hybridized carbons (Fsp3) is 0.235. The molecule has 2 aromatic heterocycles. The number of rotatable bonds is 3. The van der Waals surface area contributed by atoms with Crippen LogP contribution in [0.5, 0.6) is 5.75 Å². The van der Waals surface area contributed by atoms with Gasteiger partial charge in [0, 0.05) is 30.8 Å². The first-order valence-corrected chi connectivity index (χ1v) is 7.19. The van der Waals surface area contributed by atoms with Gasteiger partial charge in [-0.15, -0.1) is 12.4 Å². The van der Waals surface area contributed by atoms with Crippen LogP contribution in [0.25, 0.3) is 16.8 Å². The maximum atomic E-state index is 5.33. The zero-order valence-electron chi connectivity index (χ0n) is 12.3. The Morgan fingerprint density at radius 1 is 1.18 bits per heavy atom. The molecule has 0 bridgehead atoms. The molecule has 0 spiro atoms. The van der Waals surface area contributed by atoms with Gasteiger partial charge in [-0.1, -0.05) is 18.2 Å². The zero-order chi connectivity index (χ0) is 14.2. The van der Waals surface area contributed by atoms with Crippen molar-refractivity contribution < 1.29 is 4.74 Å². The molecule has 1 aliphatic rings. The van der Waals surface area contributed by atoms with E-state index in [9.17, 15) is 0 Å². The molecule has 0 saturated carbocycles. The summed E-state index contributed by atoms with van der Waals surface area (Å²) in [5.41, 5.74) is 3.26. The van der Waals surface area contributed by atoms with Gasteiger partial charge in [0.15, 0.2) is 0 Å².